The van der Waals surface area contributed by atoms with Gasteiger partial charge in [-0.2, -0.15) is 0 Å². The minimum absolute atomic E-state index is 0.191. The van der Waals surface area contributed by atoms with Gasteiger partial charge in [-0.15, -0.1) is 0 Å². The van der Waals surface area contributed by atoms with E-state index in [9.17, 15) is 4.79 Å². The van der Waals surface area contributed by atoms with E-state index in [2.05, 4.69) is 10.3 Å². The van der Waals surface area contributed by atoms with E-state index in [4.69, 9.17) is 21.1 Å². The van der Waals surface area contributed by atoms with E-state index in [1.807, 2.05) is 13.8 Å². The van der Waals surface area contributed by atoms with Crippen molar-refractivity contribution in [3.8, 4) is 0 Å². The monoisotopic (exact) mass is 286 g/mol. The molecule has 0 aromatic carbocycles. The molecule has 0 unspecified atom stereocenters. The Morgan fingerprint density at radius 1 is 1.53 bits per heavy atom. The maximum Gasteiger partial charge on any atom is 0.339 e. The molecule has 1 rings (SSSR count). The molecule has 5 nitrogen and oxygen atoms in total. The fraction of sp³-hybridized carbons (Fsp3) is 0.538. The van der Waals surface area contributed by atoms with Crippen molar-refractivity contribution in [3.05, 3.63) is 22.8 Å². The largest absolute Gasteiger partial charge is 0.462 e. The van der Waals surface area contributed by atoms with Gasteiger partial charge < -0.3 is 14.8 Å². The molecule has 0 fully saturated rings. The quantitative estimate of drug-likeness (QED) is 0.617. The molecule has 106 valence electrons. The van der Waals surface area contributed by atoms with Crippen LogP contribution < -0.4 is 5.32 Å². The summed E-state index contributed by atoms with van der Waals surface area (Å²) in [7, 11) is 0. The fourth-order valence-corrected chi connectivity index (χ4v) is 1.59. The molecule has 19 heavy (non-hydrogen) atoms. The second kappa shape index (κ2) is 7.96. The molecule has 0 bridgehead atoms. The van der Waals surface area contributed by atoms with Gasteiger partial charge in [-0.3, -0.25) is 0 Å². The molecule has 0 saturated heterocycles. The first-order chi connectivity index (χ1) is 9.04. The van der Waals surface area contributed by atoms with Crippen LogP contribution in [0.5, 0.6) is 0 Å². The zero-order valence-corrected chi connectivity index (χ0v) is 12.2. The predicted octanol–water partition coefficient (Wildman–Crippen LogP) is 2.75. The van der Waals surface area contributed by atoms with Gasteiger partial charge in [0.05, 0.1) is 29.9 Å². The Bertz CT molecular complexity index is 424. The van der Waals surface area contributed by atoms with Gasteiger partial charge in [0.2, 0.25) is 0 Å². The Morgan fingerprint density at radius 2 is 2.26 bits per heavy atom. The van der Waals surface area contributed by atoms with Crippen molar-refractivity contribution in [2.24, 2.45) is 0 Å². The smallest absolute Gasteiger partial charge is 0.339 e. The molecule has 1 aromatic rings. The van der Waals surface area contributed by atoms with E-state index in [1.165, 1.54) is 12.3 Å². The number of carbonyl (C=O) groups excluding carboxylic acids is 1. The average Bonchev–Trinajstić information content (AvgIpc) is 2.36. The number of nitrogens with zero attached hydrogens (tertiary/aromatic N) is 1. The average molecular weight is 287 g/mol. The lowest BCUT2D eigenvalue weighted by atomic mass is 10.3. The van der Waals surface area contributed by atoms with Crippen molar-refractivity contribution in [2.75, 3.05) is 25.1 Å². The number of aromatic nitrogens is 1. The van der Waals surface area contributed by atoms with Crippen LogP contribution in [0.3, 0.4) is 0 Å². The first-order valence-electron chi connectivity index (χ1n) is 6.22. The highest BCUT2D eigenvalue weighted by molar-refractivity contribution is 6.33. The third-order valence-corrected chi connectivity index (χ3v) is 2.49. The number of hydrogen-bond donors (Lipinski definition) is 1. The van der Waals surface area contributed by atoms with Crippen molar-refractivity contribution < 1.29 is 14.3 Å². The molecule has 0 radical (unpaired) electrons. The van der Waals surface area contributed by atoms with Crippen LogP contribution in [-0.4, -0.2) is 36.8 Å². The molecule has 0 amide bonds. The first-order valence-corrected chi connectivity index (χ1v) is 6.60. The Hall–Kier alpha value is -1.33. The summed E-state index contributed by atoms with van der Waals surface area (Å²) in [5, 5.41) is 3.43. The molecule has 1 N–H and O–H groups in total. The number of ether oxygens (including phenoxy) is 2. The summed E-state index contributed by atoms with van der Waals surface area (Å²) in [6, 6.07) is 1.54. The van der Waals surface area contributed by atoms with Crippen molar-refractivity contribution in [1.82, 2.24) is 4.98 Å². The van der Waals surface area contributed by atoms with Gasteiger partial charge in [0, 0.05) is 12.7 Å². The summed E-state index contributed by atoms with van der Waals surface area (Å²) in [4.78, 5) is 15.6. The molecule has 0 saturated carbocycles. The number of hydrogen-bond acceptors (Lipinski definition) is 5. The summed E-state index contributed by atoms with van der Waals surface area (Å²) in [5.74, 6) is 0.105. The highest BCUT2D eigenvalue weighted by Gasteiger charge is 2.10. The Kier molecular flexibility index (Phi) is 6.59. The van der Waals surface area contributed by atoms with E-state index in [0.29, 0.717) is 36.2 Å². The number of esters is 1. The van der Waals surface area contributed by atoms with Gasteiger partial charge in [-0.1, -0.05) is 11.6 Å². The van der Waals surface area contributed by atoms with Crippen LogP contribution in [0.2, 0.25) is 5.02 Å². The summed E-state index contributed by atoms with van der Waals surface area (Å²) in [5.41, 5.74) is 0.343. The van der Waals surface area contributed by atoms with Crippen LogP contribution in [0, 0.1) is 0 Å². The van der Waals surface area contributed by atoms with Crippen molar-refractivity contribution in [2.45, 2.75) is 26.9 Å². The minimum atomic E-state index is -0.424. The van der Waals surface area contributed by atoms with Gasteiger partial charge in [-0.25, -0.2) is 9.78 Å². The Morgan fingerprint density at radius 3 is 2.84 bits per heavy atom. The number of halogens is 1. The zero-order valence-electron chi connectivity index (χ0n) is 11.4. The van der Waals surface area contributed by atoms with E-state index in [-0.39, 0.29) is 6.10 Å². The number of rotatable bonds is 7. The Balaban J connectivity index is 2.55. The summed E-state index contributed by atoms with van der Waals surface area (Å²) < 4.78 is 10.3. The first kappa shape index (κ1) is 15.7. The zero-order chi connectivity index (χ0) is 14.3. The van der Waals surface area contributed by atoms with Crippen LogP contribution in [0.4, 0.5) is 5.82 Å². The van der Waals surface area contributed by atoms with Gasteiger partial charge >= 0.3 is 5.97 Å². The number of anilines is 1. The molecular formula is C13H19ClN2O3. The van der Waals surface area contributed by atoms with Crippen LogP contribution >= 0.6 is 11.6 Å². The van der Waals surface area contributed by atoms with Gasteiger partial charge in [0.15, 0.2) is 0 Å². The molecule has 0 spiro atoms. The highest BCUT2D eigenvalue weighted by atomic mass is 35.5. The number of pyridine rings is 1. The fourth-order valence-electron chi connectivity index (χ4n) is 1.36. The molecule has 1 heterocycles. The van der Waals surface area contributed by atoms with E-state index in [0.717, 1.165) is 0 Å². The topological polar surface area (TPSA) is 60.5 Å². The number of carbonyl (C=O) groups is 1. The molecule has 0 aliphatic rings. The molecule has 0 atom stereocenters. The summed E-state index contributed by atoms with van der Waals surface area (Å²) >= 11 is 6.04. The second-order valence-corrected chi connectivity index (χ2v) is 4.53. The van der Waals surface area contributed by atoms with Crippen molar-refractivity contribution in [3.63, 3.8) is 0 Å². The maximum absolute atomic E-state index is 11.5. The van der Waals surface area contributed by atoms with Gasteiger partial charge in [0.25, 0.3) is 0 Å². The molecule has 0 aliphatic carbocycles. The third kappa shape index (κ3) is 5.44. The molecular weight excluding hydrogens is 268 g/mol. The third-order valence-electron chi connectivity index (χ3n) is 2.20. The summed E-state index contributed by atoms with van der Waals surface area (Å²) in [6.45, 7) is 7.18. The lowest BCUT2D eigenvalue weighted by Gasteiger charge is -2.10. The van der Waals surface area contributed by atoms with Gasteiger partial charge in [-0.05, 0) is 26.8 Å². The van der Waals surface area contributed by atoms with E-state index in [1.54, 1.807) is 6.92 Å². The highest BCUT2D eigenvalue weighted by Crippen LogP contribution is 2.20. The lowest BCUT2D eigenvalue weighted by Crippen LogP contribution is -2.14. The van der Waals surface area contributed by atoms with Crippen LogP contribution in [-0.2, 0) is 9.47 Å². The predicted molar refractivity (Wildman–Crippen MR) is 74.8 cm³/mol. The lowest BCUT2D eigenvalue weighted by molar-refractivity contribution is 0.0526. The molecule has 6 heteroatoms. The minimum Gasteiger partial charge on any atom is -0.462 e. The van der Waals surface area contributed by atoms with E-state index >= 15 is 0 Å². The second-order valence-electron chi connectivity index (χ2n) is 4.12. The van der Waals surface area contributed by atoms with Crippen LogP contribution in [0.1, 0.15) is 31.1 Å². The van der Waals surface area contributed by atoms with Crippen molar-refractivity contribution >= 4 is 23.4 Å². The van der Waals surface area contributed by atoms with Gasteiger partial charge in [0.1, 0.15) is 5.82 Å². The van der Waals surface area contributed by atoms with Crippen LogP contribution in [0.25, 0.3) is 0 Å². The number of nitrogens with one attached hydrogen (secondary N) is 1. The standard InChI is InChI=1S/C13H19ClN2O3/c1-4-18-13(17)10-7-11(14)12(16-8-10)15-5-6-19-9(2)3/h7-9H,4-6H2,1-3H3,(H,15,16). The molecule has 0 aliphatic heterocycles. The molecule has 1 aromatic heterocycles. The maximum atomic E-state index is 11.5. The van der Waals surface area contributed by atoms with Crippen LogP contribution in [0.15, 0.2) is 12.3 Å². The Labute approximate surface area is 118 Å². The normalized spacial score (nSPS) is 10.6. The van der Waals surface area contributed by atoms with Crippen molar-refractivity contribution in [1.29, 1.82) is 0 Å². The summed E-state index contributed by atoms with van der Waals surface area (Å²) in [6.07, 6.45) is 1.63. The van der Waals surface area contributed by atoms with E-state index < -0.39 is 5.97 Å². The SMILES string of the molecule is CCOC(=O)c1cnc(NCCOC(C)C)c(Cl)c1.